The lowest BCUT2D eigenvalue weighted by atomic mass is 10.3. The monoisotopic (exact) mass is 245 g/mol. The Bertz CT molecular complexity index is 375. The molecular formula is C10H12ClNO4. The number of carbonyl (C=O) groups is 2. The maximum absolute atomic E-state index is 11.5. The predicted molar refractivity (Wildman–Crippen MR) is 57.3 cm³/mol. The van der Waals surface area contributed by atoms with Crippen LogP contribution in [0.5, 0.6) is 0 Å². The zero-order valence-electron chi connectivity index (χ0n) is 8.79. The predicted octanol–water partition coefficient (Wildman–Crippen LogP) is 1.62. The van der Waals surface area contributed by atoms with Crippen LogP contribution in [0.3, 0.4) is 0 Å². The van der Waals surface area contributed by atoms with Gasteiger partial charge in [-0.25, -0.2) is 0 Å². The summed E-state index contributed by atoms with van der Waals surface area (Å²) in [6, 6.07) is 1.46. The number of nitrogens with one attached hydrogen (secondary N) is 1. The molecule has 0 bridgehead atoms. The van der Waals surface area contributed by atoms with Crippen LogP contribution >= 0.6 is 11.6 Å². The molecular weight excluding hydrogens is 234 g/mol. The molecule has 5 nitrogen and oxygen atoms in total. The Kier molecular flexibility index (Phi) is 4.85. The minimum Gasteiger partial charge on any atom is -0.466 e. The first-order valence-electron chi connectivity index (χ1n) is 4.82. The first-order chi connectivity index (χ1) is 7.65. The quantitative estimate of drug-likeness (QED) is 0.801. The highest BCUT2D eigenvalue weighted by atomic mass is 35.5. The molecule has 1 aromatic heterocycles. The van der Waals surface area contributed by atoms with E-state index >= 15 is 0 Å². The molecule has 1 N–H and O–H groups in total. The number of carbonyl (C=O) groups excluding carboxylic acids is 2. The van der Waals surface area contributed by atoms with E-state index in [9.17, 15) is 9.59 Å². The van der Waals surface area contributed by atoms with Crippen LogP contribution in [0.15, 0.2) is 16.7 Å². The Morgan fingerprint density at radius 1 is 1.56 bits per heavy atom. The molecule has 0 aromatic carbocycles. The van der Waals surface area contributed by atoms with Gasteiger partial charge in [-0.15, -0.1) is 0 Å². The van der Waals surface area contributed by atoms with E-state index in [0.717, 1.165) is 0 Å². The van der Waals surface area contributed by atoms with Gasteiger partial charge in [0.15, 0.2) is 0 Å². The number of halogens is 1. The molecule has 0 atom stereocenters. The van der Waals surface area contributed by atoms with Gasteiger partial charge in [0.25, 0.3) is 5.91 Å². The van der Waals surface area contributed by atoms with Crippen LogP contribution in [0.2, 0.25) is 5.22 Å². The summed E-state index contributed by atoms with van der Waals surface area (Å²) in [6.07, 6.45) is 1.46. The zero-order valence-corrected chi connectivity index (χ0v) is 9.54. The second-order valence-electron chi connectivity index (χ2n) is 2.92. The fourth-order valence-corrected chi connectivity index (χ4v) is 1.26. The molecule has 0 spiro atoms. The third-order valence-corrected chi connectivity index (χ3v) is 2.08. The van der Waals surface area contributed by atoms with Gasteiger partial charge >= 0.3 is 5.97 Å². The van der Waals surface area contributed by atoms with Gasteiger partial charge in [-0.2, -0.15) is 0 Å². The second-order valence-corrected chi connectivity index (χ2v) is 3.26. The highest BCUT2D eigenvalue weighted by Gasteiger charge is 2.12. The molecule has 0 aliphatic rings. The van der Waals surface area contributed by atoms with E-state index < -0.39 is 0 Å². The van der Waals surface area contributed by atoms with Gasteiger partial charge in [0.1, 0.15) is 0 Å². The number of furan rings is 1. The van der Waals surface area contributed by atoms with E-state index in [1.54, 1.807) is 6.92 Å². The highest BCUT2D eigenvalue weighted by Crippen LogP contribution is 2.15. The van der Waals surface area contributed by atoms with Gasteiger partial charge in [-0.3, -0.25) is 9.59 Å². The third kappa shape index (κ3) is 3.58. The van der Waals surface area contributed by atoms with E-state index in [0.29, 0.717) is 6.61 Å². The molecule has 0 fully saturated rings. The molecule has 1 rings (SSSR count). The minimum atomic E-state index is -0.372. The summed E-state index contributed by atoms with van der Waals surface area (Å²) in [5.41, 5.74) is 0.255. The van der Waals surface area contributed by atoms with Gasteiger partial charge in [0.2, 0.25) is 5.22 Å². The Hall–Kier alpha value is -1.49. The molecule has 0 saturated carbocycles. The van der Waals surface area contributed by atoms with Crippen molar-refractivity contribution in [3.8, 4) is 0 Å². The molecule has 88 valence electrons. The van der Waals surface area contributed by atoms with Crippen LogP contribution < -0.4 is 5.32 Å². The summed E-state index contributed by atoms with van der Waals surface area (Å²) in [5, 5.41) is 2.57. The van der Waals surface area contributed by atoms with E-state index in [-0.39, 0.29) is 35.6 Å². The Balaban J connectivity index is 2.31. The molecule has 0 aliphatic carbocycles. The Morgan fingerprint density at radius 2 is 2.31 bits per heavy atom. The summed E-state index contributed by atoms with van der Waals surface area (Å²) < 4.78 is 9.47. The van der Waals surface area contributed by atoms with Crippen molar-refractivity contribution in [1.82, 2.24) is 5.32 Å². The molecule has 0 aliphatic heterocycles. The van der Waals surface area contributed by atoms with Crippen molar-refractivity contribution < 1.29 is 18.7 Å². The normalized spacial score (nSPS) is 9.88. The van der Waals surface area contributed by atoms with Gasteiger partial charge in [-0.05, 0) is 24.6 Å². The van der Waals surface area contributed by atoms with Gasteiger partial charge < -0.3 is 14.5 Å². The van der Waals surface area contributed by atoms with E-state index in [1.807, 2.05) is 0 Å². The average Bonchev–Trinajstić information content (AvgIpc) is 2.64. The molecule has 6 heteroatoms. The maximum Gasteiger partial charge on any atom is 0.307 e. The van der Waals surface area contributed by atoms with Crippen LogP contribution in [0, 0.1) is 0 Å². The number of esters is 1. The van der Waals surface area contributed by atoms with Crippen LogP contribution in [-0.2, 0) is 9.53 Å². The summed E-state index contributed by atoms with van der Waals surface area (Å²) >= 11 is 5.61. The van der Waals surface area contributed by atoms with Crippen molar-refractivity contribution in [2.45, 2.75) is 13.3 Å². The van der Waals surface area contributed by atoms with Crippen molar-refractivity contribution in [3.05, 3.63) is 23.1 Å². The lowest BCUT2D eigenvalue weighted by Crippen LogP contribution is -2.26. The Morgan fingerprint density at radius 3 is 2.88 bits per heavy atom. The van der Waals surface area contributed by atoms with Crippen LogP contribution in [-0.4, -0.2) is 25.0 Å². The summed E-state index contributed by atoms with van der Waals surface area (Å²) in [7, 11) is 0. The van der Waals surface area contributed by atoms with Crippen molar-refractivity contribution in [3.63, 3.8) is 0 Å². The van der Waals surface area contributed by atoms with E-state index in [1.165, 1.54) is 12.3 Å². The molecule has 1 amide bonds. The van der Waals surface area contributed by atoms with Crippen molar-refractivity contribution in [1.29, 1.82) is 0 Å². The van der Waals surface area contributed by atoms with Gasteiger partial charge in [0, 0.05) is 6.54 Å². The molecule has 1 heterocycles. The van der Waals surface area contributed by atoms with Crippen LogP contribution in [0.4, 0.5) is 0 Å². The first kappa shape index (κ1) is 12.6. The number of hydrogen-bond donors (Lipinski definition) is 1. The van der Waals surface area contributed by atoms with Crippen LogP contribution in [0.25, 0.3) is 0 Å². The molecule has 16 heavy (non-hydrogen) atoms. The van der Waals surface area contributed by atoms with Gasteiger partial charge in [0.05, 0.1) is 24.9 Å². The Labute approximate surface area is 97.7 Å². The topological polar surface area (TPSA) is 68.5 Å². The van der Waals surface area contributed by atoms with Gasteiger partial charge in [-0.1, -0.05) is 0 Å². The molecule has 0 unspecified atom stereocenters. The standard InChI is InChI=1S/C10H12ClNO4/c1-2-15-8(13)3-5-12-10(14)7-4-6-16-9(7)11/h4,6H,2-3,5H2,1H3,(H,12,14). The fraction of sp³-hybridized carbons (Fsp3) is 0.400. The first-order valence-corrected chi connectivity index (χ1v) is 5.19. The zero-order chi connectivity index (χ0) is 12.0. The maximum atomic E-state index is 11.5. The smallest absolute Gasteiger partial charge is 0.307 e. The van der Waals surface area contributed by atoms with E-state index in [4.69, 9.17) is 20.8 Å². The lowest BCUT2D eigenvalue weighted by molar-refractivity contribution is -0.142. The van der Waals surface area contributed by atoms with Crippen LogP contribution in [0.1, 0.15) is 23.7 Å². The van der Waals surface area contributed by atoms with Crippen molar-refractivity contribution >= 4 is 23.5 Å². The lowest BCUT2D eigenvalue weighted by Gasteiger charge is -2.03. The third-order valence-electron chi connectivity index (χ3n) is 1.78. The number of hydrogen-bond acceptors (Lipinski definition) is 4. The minimum absolute atomic E-state index is 0.0358. The molecule has 0 saturated heterocycles. The van der Waals surface area contributed by atoms with E-state index in [2.05, 4.69) is 5.32 Å². The summed E-state index contributed by atoms with van der Waals surface area (Å²) in [4.78, 5) is 22.4. The second kappa shape index (κ2) is 6.17. The summed E-state index contributed by atoms with van der Waals surface area (Å²) in [5.74, 6) is -0.718. The average molecular weight is 246 g/mol. The largest absolute Gasteiger partial charge is 0.466 e. The number of rotatable bonds is 5. The SMILES string of the molecule is CCOC(=O)CCNC(=O)c1ccoc1Cl. The number of amides is 1. The molecule has 0 radical (unpaired) electrons. The fourth-order valence-electron chi connectivity index (χ4n) is 1.06. The highest BCUT2D eigenvalue weighted by molar-refractivity contribution is 6.32. The summed E-state index contributed by atoms with van der Waals surface area (Å²) in [6.45, 7) is 2.27. The van der Waals surface area contributed by atoms with Crippen molar-refractivity contribution in [2.24, 2.45) is 0 Å². The number of ether oxygens (including phenoxy) is 1. The molecule has 1 aromatic rings. The van der Waals surface area contributed by atoms with Crippen molar-refractivity contribution in [2.75, 3.05) is 13.2 Å².